The van der Waals surface area contributed by atoms with Crippen LogP contribution in [-0.2, 0) is 6.54 Å². The number of aromatic nitrogens is 1. The number of nitrogens with zero attached hydrogens (tertiary/aromatic N) is 1. The summed E-state index contributed by atoms with van der Waals surface area (Å²) in [6, 6.07) is 7.62. The molecule has 0 aliphatic rings. The first-order valence-corrected chi connectivity index (χ1v) is 4.51. The molecular formula is C11H13NO. The summed E-state index contributed by atoms with van der Waals surface area (Å²) in [5.74, 6) is 0.334. The zero-order valence-electron chi connectivity index (χ0n) is 7.91. The van der Waals surface area contributed by atoms with Crippen LogP contribution in [0.2, 0.25) is 0 Å². The Bertz CT molecular complexity index is 443. The van der Waals surface area contributed by atoms with E-state index < -0.39 is 0 Å². The summed E-state index contributed by atoms with van der Waals surface area (Å²) in [6.07, 6.45) is 0. The van der Waals surface area contributed by atoms with Crippen molar-refractivity contribution in [2.75, 3.05) is 0 Å². The monoisotopic (exact) mass is 175 g/mol. The largest absolute Gasteiger partial charge is 0.508 e. The molecule has 0 aliphatic carbocycles. The molecule has 68 valence electrons. The number of hydrogen-bond acceptors (Lipinski definition) is 1. The molecule has 0 unspecified atom stereocenters. The van der Waals surface area contributed by atoms with Crippen LogP contribution in [0.3, 0.4) is 0 Å². The summed E-state index contributed by atoms with van der Waals surface area (Å²) in [6.45, 7) is 5.13. The van der Waals surface area contributed by atoms with E-state index in [1.54, 1.807) is 6.07 Å². The molecule has 1 heterocycles. The van der Waals surface area contributed by atoms with Crippen LogP contribution in [0, 0.1) is 6.92 Å². The highest BCUT2D eigenvalue weighted by atomic mass is 16.3. The van der Waals surface area contributed by atoms with Gasteiger partial charge in [-0.05, 0) is 32.0 Å². The first-order chi connectivity index (χ1) is 6.22. The van der Waals surface area contributed by atoms with Crippen molar-refractivity contribution in [3.8, 4) is 5.75 Å². The molecule has 0 spiro atoms. The number of aryl methyl sites for hydroxylation is 2. The number of aromatic hydroxyl groups is 1. The van der Waals surface area contributed by atoms with Crippen LogP contribution in [-0.4, -0.2) is 9.67 Å². The third kappa shape index (κ3) is 1.18. The van der Waals surface area contributed by atoms with Crippen LogP contribution in [0.1, 0.15) is 12.6 Å². The molecule has 0 saturated carbocycles. The molecule has 1 N–H and O–H groups in total. The van der Waals surface area contributed by atoms with Gasteiger partial charge in [-0.1, -0.05) is 0 Å². The highest BCUT2D eigenvalue weighted by Gasteiger charge is 2.03. The number of fused-ring (bicyclic) bond motifs is 1. The van der Waals surface area contributed by atoms with Crippen molar-refractivity contribution in [3.63, 3.8) is 0 Å². The summed E-state index contributed by atoms with van der Waals surface area (Å²) >= 11 is 0. The van der Waals surface area contributed by atoms with Gasteiger partial charge in [0.1, 0.15) is 5.75 Å². The van der Waals surface area contributed by atoms with Crippen molar-refractivity contribution >= 4 is 10.9 Å². The lowest BCUT2D eigenvalue weighted by atomic mass is 10.2. The average molecular weight is 175 g/mol. The van der Waals surface area contributed by atoms with Gasteiger partial charge in [-0.15, -0.1) is 0 Å². The molecule has 2 nitrogen and oxygen atoms in total. The minimum atomic E-state index is 0.334. The number of phenols is 1. The second-order valence-corrected chi connectivity index (χ2v) is 3.27. The van der Waals surface area contributed by atoms with Crippen molar-refractivity contribution in [1.29, 1.82) is 0 Å². The maximum atomic E-state index is 9.35. The summed E-state index contributed by atoms with van der Waals surface area (Å²) < 4.78 is 2.19. The SMILES string of the molecule is CCn1c(C)cc2ccc(O)cc21. The minimum Gasteiger partial charge on any atom is -0.508 e. The molecule has 1 aromatic carbocycles. The van der Waals surface area contributed by atoms with Crippen LogP contribution in [0.25, 0.3) is 10.9 Å². The lowest BCUT2D eigenvalue weighted by Gasteiger charge is -2.03. The summed E-state index contributed by atoms with van der Waals surface area (Å²) in [7, 11) is 0. The number of benzene rings is 1. The zero-order chi connectivity index (χ0) is 9.42. The van der Waals surface area contributed by atoms with E-state index in [0.29, 0.717) is 5.75 Å². The van der Waals surface area contributed by atoms with Crippen LogP contribution < -0.4 is 0 Å². The first kappa shape index (κ1) is 8.17. The maximum Gasteiger partial charge on any atom is 0.117 e. The summed E-state index contributed by atoms with van der Waals surface area (Å²) in [5.41, 5.74) is 2.35. The van der Waals surface area contributed by atoms with Gasteiger partial charge < -0.3 is 9.67 Å². The Morgan fingerprint density at radius 3 is 2.77 bits per heavy atom. The van der Waals surface area contributed by atoms with Crippen LogP contribution in [0.15, 0.2) is 24.3 Å². The van der Waals surface area contributed by atoms with E-state index in [-0.39, 0.29) is 0 Å². The molecule has 0 bridgehead atoms. The molecule has 0 aliphatic heterocycles. The van der Waals surface area contributed by atoms with E-state index in [4.69, 9.17) is 0 Å². The lowest BCUT2D eigenvalue weighted by Crippen LogP contribution is -1.94. The fourth-order valence-electron chi connectivity index (χ4n) is 1.80. The van der Waals surface area contributed by atoms with Crippen molar-refractivity contribution in [1.82, 2.24) is 4.57 Å². The Labute approximate surface area is 77.4 Å². The zero-order valence-corrected chi connectivity index (χ0v) is 7.91. The van der Waals surface area contributed by atoms with Gasteiger partial charge in [0.2, 0.25) is 0 Å². The fourth-order valence-corrected chi connectivity index (χ4v) is 1.80. The lowest BCUT2D eigenvalue weighted by molar-refractivity contribution is 0.476. The standard InChI is InChI=1S/C11H13NO/c1-3-12-8(2)6-9-4-5-10(13)7-11(9)12/h4-7,13H,3H2,1-2H3. The minimum absolute atomic E-state index is 0.334. The third-order valence-electron chi connectivity index (χ3n) is 2.41. The van der Waals surface area contributed by atoms with Gasteiger partial charge in [0, 0.05) is 23.7 Å². The van der Waals surface area contributed by atoms with Gasteiger partial charge >= 0.3 is 0 Å². The van der Waals surface area contributed by atoms with Gasteiger partial charge in [-0.3, -0.25) is 0 Å². The maximum absolute atomic E-state index is 9.35. The second kappa shape index (κ2) is 2.80. The molecule has 0 fully saturated rings. The van der Waals surface area contributed by atoms with Gasteiger partial charge in [0.05, 0.1) is 5.52 Å². The van der Waals surface area contributed by atoms with Gasteiger partial charge in [-0.25, -0.2) is 0 Å². The molecule has 1 aromatic heterocycles. The van der Waals surface area contributed by atoms with Crippen LogP contribution in [0.5, 0.6) is 5.75 Å². The quantitative estimate of drug-likeness (QED) is 0.708. The van der Waals surface area contributed by atoms with Crippen molar-refractivity contribution in [3.05, 3.63) is 30.0 Å². The number of phenolic OH excluding ortho intramolecular Hbond substituents is 1. The molecule has 0 saturated heterocycles. The molecule has 0 atom stereocenters. The van der Waals surface area contributed by atoms with Gasteiger partial charge in [0.15, 0.2) is 0 Å². The van der Waals surface area contributed by atoms with E-state index in [2.05, 4.69) is 24.5 Å². The Morgan fingerprint density at radius 2 is 2.08 bits per heavy atom. The predicted octanol–water partition coefficient (Wildman–Crippen LogP) is 2.68. The summed E-state index contributed by atoms with van der Waals surface area (Å²) in [4.78, 5) is 0. The van der Waals surface area contributed by atoms with E-state index in [1.165, 1.54) is 11.1 Å². The normalized spacial score (nSPS) is 10.9. The van der Waals surface area contributed by atoms with Crippen molar-refractivity contribution in [2.45, 2.75) is 20.4 Å². The van der Waals surface area contributed by atoms with E-state index in [0.717, 1.165) is 12.1 Å². The molecule has 2 aromatic rings. The number of hydrogen-bond donors (Lipinski definition) is 1. The molecule has 13 heavy (non-hydrogen) atoms. The molecule has 0 amide bonds. The highest BCUT2D eigenvalue weighted by Crippen LogP contribution is 2.23. The highest BCUT2D eigenvalue weighted by molar-refractivity contribution is 5.82. The molecular weight excluding hydrogens is 162 g/mol. The van der Waals surface area contributed by atoms with Crippen LogP contribution in [0.4, 0.5) is 0 Å². The molecule has 2 heteroatoms. The van der Waals surface area contributed by atoms with Crippen molar-refractivity contribution < 1.29 is 5.11 Å². The molecule has 0 radical (unpaired) electrons. The van der Waals surface area contributed by atoms with Crippen molar-refractivity contribution in [2.24, 2.45) is 0 Å². The van der Waals surface area contributed by atoms with E-state index in [9.17, 15) is 5.11 Å². The van der Waals surface area contributed by atoms with Crippen LogP contribution >= 0.6 is 0 Å². The molecule has 2 rings (SSSR count). The Hall–Kier alpha value is -1.44. The number of rotatable bonds is 1. The van der Waals surface area contributed by atoms with Gasteiger partial charge in [0.25, 0.3) is 0 Å². The fraction of sp³-hybridized carbons (Fsp3) is 0.273. The van der Waals surface area contributed by atoms with E-state index >= 15 is 0 Å². The summed E-state index contributed by atoms with van der Waals surface area (Å²) in [5, 5.41) is 10.5. The average Bonchev–Trinajstić information content (AvgIpc) is 2.40. The Kier molecular flexibility index (Phi) is 1.76. The smallest absolute Gasteiger partial charge is 0.117 e. The second-order valence-electron chi connectivity index (χ2n) is 3.27. The predicted molar refractivity (Wildman–Crippen MR) is 54.0 cm³/mol. The topological polar surface area (TPSA) is 25.2 Å². The first-order valence-electron chi connectivity index (χ1n) is 4.51. The van der Waals surface area contributed by atoms with E-state index in [1.807, 2.05) is 12.1 Å². The van der Waals surface area contributed by atoms with Gasteiger partial charge in [-0.2, -0.15) is 0 Å². The Morgan fingerprint density at radius 1 is 1.31 bits per heavy atom. The Balaban J connectivity index is 2.80. The third-order valence-corrected chi connectivity index (χ3v) is 2.41.